The summed E-state index contributed by atoms with van der Waals surface area (Å²) in [6, 6.07) is 0. The minimum atomic E-state index is 0.0264. The number of hydrogen-bond donors (Lipinski definition) is 0. The number of epoxide rings is 1. The number of hydrogen-bond acceptors (Lipinski definition) is 3. The highest BCUT2D eigenvalue weighted by atomic mass is 16.6. The van der Waals surface area contributed by atoms with Gasteiger partial charge in [0.1, 0.15) is 5.60 Å². The standard InChI is InChI=1S/C9H16O3/c1-9(7-12-9)6-10-5-8-3-2-4-11-8/h8H,2-7H2,1H3. The molecule has 2 fully saturated rings. The molecule has 2 rings (SSSR count). The van der Waals surface area contributed by atoms with E-state index in [1.54, 1.807) is 0 Å². The Morgan fingerprint density at radius 1 is 1.58 bits per heavy atom. The first-order valence-corrected chi connectivity index (χ1v) is 4.62. The summed E-state index contributed by atoms with van der Waals surface area (Å²) in [6.45, 7) is 5.27. The highest BCUT2D eigenvalue weighted by molar-refractivity contribution is 4.86. The molecule has 3 nitrogen and oxygen atoms in total. The van der Waals surface area contributed by atoms with E-state index in [1.807, 2.05) is 0 Å². The lowest BCUT2D eigenvalue weighted by atomic mass is 10.2. The highest BCUT2D eigenvalue weighted by Gasteiger charge is 2.39. The van der Waals surface area contributed by atoms with Crippen LogP contribution in [0.15, 0.2) is 0 Å². The van der Waals surface area contributed by atoms with Crippen molar-refractivity contribution in [1.82, 2.24) is 0 Å². The van der Waals surface area contributed by atoms with E-state index in [0.29, 0.717) is 12.7 Å². The quantitative estimate of drug-likeness (QED) is 0.592. The smallest absolute Gasteiger partial charge is 0.112 e. The zero-order valence-corrected chi connectivity index (χ0v) is 7.54. The van der Waals surface area contributed by atoms with Crippen molar-refractivity contribution < 1.29 is 14.2 Å². The van der Waals surface area contributed by atoms with Gasteiger partial charge in [0.25, 0.3) is 0 Å². The summed E-state index contributed by atoms with van der Waals surface area (Å²) < 4.78 is 16.1. The van der Waals surface area contributed by atoms with Crippen LogP contribution in [0.3, 0.4) is 0 Å². The van der Waals surface area contributed by atoms with Crippen LogP contribution in [0.4, 0.5) is 0 Å². The minimum Gasteiger partial charge on any atom is -0.376 e. The van der Waals surface area contributed by atoms with Gasteiger partial charge in [-0.3, -0.25) is 0 Å². The Morgan fingerprint density at radius 3 is 3.00 bits per heavy atom. The Labute approximate surface area is 73.0 Å². The zero-order valence-electron chi connectivity index (χ0n) is 7.54. The van der Waals surface area contributed by atoms with Crippen LogP contribution in [0.2, 0.25) is 0 Å². The van der Waals surface area contributed by atoms with E-state index in [1.165, 1.54) is 6.42 Å². The van der Waals surface area contributed by atoms with Crippen molar-refractivity contribution in [3.63, 3.8) is 0 Å². The molecule has 2 unspecified atom stereocenters. The second kappa shape index (κ2) is 3.32. The van der Waals surface area contributed by atoms with E-state index in [2.05, 4.69) is 6.92 Å². The number of rotatable bonds is 4. The summed E-state index contributed by atoms with van der Waals surface area (Å²) >= 11 is 0. The van der Waals surface area contributed by atoms with Crippen molar-refractivity contribution in [1.29, 1.82) is 0 Å². The molecule has 0 aromatic carbocycles. The molecule has 0 aromatic heterocycles. The van der Waals surface area contributed by atoms with Gasteiger partial charge in [-0.2, -0.15) is 0 Å². The molecule has 0 aliphatic carbocycles. The molecule has 0 radical (unpaired) electrons. The zero-order chi connectivity index (χ0) is 8.44. The summed E-state index contributed by atoms with van der Waals surface area (Å²) in [5.74, 6) is 0. The second-order valence-electron chi connectivity index (χ2n) is 3.89. The van der Waals surface area contributed by atoms with Gasteiger partial charge in [-0.05, 0) is 19.8 Å². The molecular weight excluding hydrogens is 156 g/mol. The van der Waals surface area contributed by atoms with Crippen LogP contribution in [0.1, 0.15) is 19.8 Å². The molecule has 0 N–H and O–H groups in total. The predicted octanol–water partition coefficient (Wildman–Crippen LogP) is 0.971. The van der Waals surface area contributed by atoms with Crippen molar-refractivity contribution in [2.75, 3.05) is 26.4 Å². The van der Waals surface area contributed by atoms with Gasteiger partial charge < -0.3 is 14.2 Å². The molecule has 0 aromatic rings. The summed E-state index contributed by atoms with van der Waals surface area (Å²) in [7, 11) is 0. The fraction of sp³-hybridized carbons (Fsp3) is 1.00. The van der Waals surface area contributed by atoms with E-state index in [0.717, 1.165) is 26.2 Å². The Balaban J connectivity index is 1.56. The molecule has 0 amide bonds. The van der Waals surface area contributed by atoms with Gasteiger partial charge in [-0.25, -0.2) is 0 Å². The van der Waals surface area contributed by atoms with Crippen LogP contribution in [-0.2, 0) is 14.2 Å². The van der Waals surface area contributed by atoms with Crippen LogP contribution < -0.4 is 0 Å². The summed E-state index contributed by atoms with van der Waals surface area (Å²) in [5.41, 5.74) is 0.0264. The fourth-order valence-electron chi connectivity index (χ4n) is 1.39. The van der Waals surface area contributed by atoms with Gasteiger partial charge in [0.15, 0.2) is 0 Å². The van der Waals surface area contributed by atoms with E-state index in [9.17, 15) is 0 Å². The van der Waals surface area contributed by atoms with Crippen molar-refractivity contribution in [3.05, 3.63) is 0 Å². The molecule has 2 heterocycles. The summed E-state index contributed by atoms with van der Waals surface area (Å²) in [5, 5.41) is 0. The van der Waals surface area contributed by atoms with Gasteiger partial charge in [0.2, 0.25) is 0 Å². The number of ether oxygens (including phenoxy) is 3. The first kappa shape index (κ1) is 8.48. The Bertz CT molecular complexity index is 148. The van der Waals surface area contributed by atoms with Gasteiger partial charge >= 0.3 is 0 Å². The van der Waals surface area contributed by atoms with Gasteiger partial charge in [-0.15, -0.1) is 0 Å². The molecule has 3 heteroatoms. The van der Waals surface area contributed by atoms with E-state index < -0.39 is 0 Å². The average Bonchev–Trinajstić information content (AvgIpc) is 2.61. The maximum Gasteiger partial charge on any atom is 0.112 e. The third kappa shape index (κ3) is 2.19. The van der Waals surface area contributed by atoms with Crippen LogP contribution in [0.5, 0.6) is 0 Å². The average molecular weight is 172 g/mol. The Morgan fingerprint density at radius 2 is 2.42 bits per heavy atom. The molecule has 2 atom stereocenters. The Kier molecular flexibility index (Phi) is 2.35. The van der Waals surface area contributed by atoms with Crippen molar-refractivity contribution in [2.24, 2.45) is 0 Å². The molecule has 2 aliphatic rings. The molecule has 12 heavy (non-hydrogen) atoms. The maximum atomic E-state index is 5.49. The third-order valence-electron chi connectivity index (χ3n) is 2.37. The molecule has 2 aliphatic heterocycles. The van der Waals surface area contributed by atoms with E-state index >= 15 is 0 Å². The largest absolute Gasteiger partial charge is 0.376 e. The molecule has 0 saturated carbocycles. The lowest BCUT2D eigenvalue weighted by Gasteiger charge is -2.11. The second-order valence-corrected chi connectivity index (χ2v) is 3.89. The topological polar surface area (TPSA) is 31.0 Å². The SMILES string of the molecule is CC1(COCC2CCCO2)CO1. The van der Waals surface area contributed by atoms with Crippen molar-refractivity contribution >= 4 is 0 Å². The lowest BCUT2D eigenvalue weighted by Crippen LogP contribution is -2.20. The molecule has 0 bridgehead atoms. The van der Waals surface area contributed by atoms with Crippen LogP contribution >= 0.6 is 0 Å². The molecule has 2 saturated heterocycles. The monoisotopic (exact) mass is 172 g/mol. The van der Waals surface area contributed by atoms with Crippen molar-refractivity contribution in [3.8, 4) is 0 Å². The Hall–Kier alpha value is -0.120. The van der Waals surface area contributed by atoms with Gasteiger partial charge in [0, 0.05) is 6.61 Å². The first-order chi connectivity index (χ1) is 5.79. The van der Waals surface area contributed by atoms with Crippen LogP contribution in [0, 0.1) is 0 Å². The fourth-order valence-corrected chi connectivity index (χ4v) is 1.39. The van der Waals surface area contributed by atoms with E-state index in [-0.39, 0.29) is 5.60 Å². The van der Waals surface area contributed by atoms with Crippen LogP contribution in [-0.4, -0.2) is 38.1 Å². The maximum absolute atomic E-state index is 5.49. The predicted molar refractivity (Wildman–Crippen MR) is 44.2 cm³/mol. The third-order valence-corrected chi connectivity index (χ3v) is 2.37. The van der Waals surface area contributed by atoms with E-state index in [4.69, 9.17) is 14.2 Å². The summed E-state index contributed by atoms with van der Waals surface area (Å²) in [6.07, 6.45) is 2.67. The molecule has 70 valence electrons. The van der Waals surface area contributed by atoms with Gasteiger partial charge in [-0.1, -0.05) is 0 Å². The summed E-state index contributed by atoms with van der Waals surface area (Å²) in [4.78, 5) is 0. The first-order valence-electron chi connectivity index (χ1n) is 4.62. The normalized spacial score (nSPS) is 40.2. The molecule has 0 spiro atoms. The highest BCUT2D eigenvalue weighted by Crippen LogP contribution is 2.26. The minimum absolute atomic E-state index is 0.0264. The lowest BCUT2D eigenvalue weighted by molar-refractivity contribution is 0.00171. The van der Waals surface area contributed by atoms with Crippen LogP contribution in [0.25, 0.3) is 0 Å². The van der Waals surface area contributed by atoms with Crippen molar-refractivity contribution in [2.45, 2.75) is 31.5 Å². The van der Waals surface area contributed by atoms with Gasteiger partial charge in [0.05, 0.1) is 25.9 Å². The molecular formula is C9H16O3.